The minimum absolute atomic E-state index is 0.373. The van der Waals surface area contributed by atoms with Gasteiger partial charge in [-0.05, 0) is 59.9 Å². The fourth-order valence-corrected chi connectivity index (χ4v) is 3.98. The highest BCUT2D eigenvalue weighted by molar-refractivity contribution is 5.77. The van der Waals surface area contributed by atoms with Crippen LogP contribution in [0.2, 0.25) is 0 Å². The Morgan fingerprint density at radius 1 is 0.733 bits per heavy atom. The molecular weight excluding hydrogens is 368 g/mol. The molecule has 0 N–H and O–H groups in total. The van der Waals surface area contributed by atoms with Crippen molar-refractivity contribution in [2.24, 2.45) is 0 Å². The molecule has 0 amide bonds. The summed E-state index contributed by atoms with van der Waals surface area (Å²) in [7, 11) is 0. The van der Waals surface area contributed by atoms with Gasteiger partial charge in [-0.3, -0.25) is 0 Å². The molecule has 0 radical (unpaired) electrons. The zero-order valence-electron chi connectivity index (χ0n) is 17.7. The zero-order valence-corrected chi connectivity index (χ0v) is 17.7. The van der Waals surface area contributed by atoms with Gasteiger partial charge in [0.2, 0.25) is 0 Å². The van der Waals surface area contributed by atoms with Crippen LogP contribution in [0.15, 0.2) is 97.1 Å². The molecule has 1 atom stereocenters. The van der Waals surface area contributed by atoms with Crippen molar-refractivity contribution in [2.75, 3.05) is 13.2 Å². The van der Waals surface area contributed by atoms with Gasteiger partial charge in [0.05, 0.1) is 6.61 Å². The molecule has 0 aliphatic heterocycles. The second-order valence-electron chi connectivity index (χ2n) is 7.42. The lowest BCUT2D eigenvalue weighted by Gasteiger charge is -2.33. The van der Waals surface area contributed by atoms with E-state index in [1.165, 1.54) is 27.8 Å². The van der Waals surface area contributed by atoms with E-state index in [1.54, 1.807) is 0 Å². The molecule has 4 rings (SSSR count). The van der Waals surface area contributed by atoms with E-state index in [-0.39, 0.29) is 5.60 Å². The second-order valence-corrected chi connectivity index (χ2v) is 7.42. The van der Waals surface area contributed by atoms with Crippen LogP contribution in [-0.4, -0.2) is 13.2 Å². The molecule has 2 heteroatoms. The van der Waals surface area contributed by atoms with E-state index in [2.05, 4.69) is 85.8 Å². The molecule has 3 aromatic rings. The van der Waals surface area contributed by atoms with Crippen LogP contribution in [0.3, 0.4) is 0 Å². The number of hydrogen-bond donors (Lipinski definition) is 0. The summed E-state index contributed by atoms with van der Waals surface area (Å²) < 4.78 is 11.7. The van der Waals surface area contributed by atoms with E-state index >= 15 is 0 Å². The predicted octanol–water partition coefficient (Wildman–Crippen LogP) is 7.03. The van der Waals surface area contributed by atoms with E-state index < -0.39 is 0 Å². The van der Waals surface area contributed by atoms with Gasteiger partial charge < -0.3 is 9.47 Å². The summed E-state index contributed by atoms with van der Waals surface area (Å²) in [4.78, 5) is 0. The Balaban J connectivity index is 1.52. The van der Waals surface area contributed by atoms with E-state index in [1.807, 2.05) is 25.1 Å². The van der Waals surface area contributed by atoms with E-state index in [0.717, 1.165) is 12.2 Å². The first-order chi connectivity index (χ1) is 14.7. The fourth-order valence-electron chi connectivity index (χ4n) is 3.98. The monoisotopic (exact) mass is 396 g/mol. The first kappa shape index (κ1) is 20.2. The first-order valence-corrected chi connectivity index (χ1v) is 10.7. The third-order valence-corrected chi connectivity index (χ3v) is 5.54. The average molecular weight is 397 g/mol. The molecule has 1 aliphatic carbocycles. The van der Waals surface area contributed by atoms with Crippen molar-refractivity contribution in [2.45, 2.75) is 25.9 Å². The molecular formula is C28H28O2. The smallest absolute Gasteiger partial charge is 0.119 e. The summed E-state index contributed by atoms with van der Waals surface area (Å²) in [6, 6.07) is 27.5. The minimum atomic E-state index is -0.373. The van der Waals surface area contributed by atoms with Crippen LogP contribution in [0.1, 0.15) is 31.4 Å². The van der Waals surface area contributed by atoms with Crippen LogP contribution in [-0.2, 0) is 10.3 Å². The third kappa shape index (κ3) is 4.24. The number of benzene rings is 3. The van der Waals surface area contributed by atoms with Crippen molar-refractivity contribution in [3.8, 4) is 16.9 Å². The topological polar surface area (TPSA) is 18.5 Å². The molecule has 0 bridgehead atoms. The Morgan fingerprint density at radius 3 is 1.93 bits per heavy atom. The molecule has 0 saturated heterocycles. The van der Waals surface area contributed by atoms with E-state index in [0.29, 0.717) is 13.2 Å². The Bertz CT molecular complexity index is 1010. The molecule has 0 spiro atoms. The molecule has 3 aromatic carbocycles. The summed E-state index contributed by atoms with van der Waals surface area (Å²) >= 11 is 0. The second kappa shape index (κ2) is 9.15. The summed E-state index contributed by atoms with van der Waals surface area (Å²) in [6.45, 7) is 5.42. The number of allylic oxidation sites excluding steroid dienone is 2. The molecule has 30 heavy (non-hydrogen) atoms. The van der Waals surface area contributed by atoms with Crippen molar-refractivity contribution in [1.29, 1.82) is 0 Å². The summed E-state index contributed by atoms with van der Waals surface area (Å²) in [5.41, 5.74) is 5.68. The lowest BCUT2D eigenvalue weighted by Crippen LogP contribution is -2.28. The largest absolute Gasteiger partial charge is 0.494 e. The molecule has 0 heterocycles. The van der Waals surface area contributed by atoms with Crippen molar-refractivity contribution < 1.29 is 9.47 Å². The van der Waals surface area contributed by atoms with E-state index in [4.69, 9.17) is 9.47 Å². The van der Waals surface area contributed by atoms with Crippen LogP contribution < -0.4 is 4.74 Å². The summed E-state index contributed by atoms with van der Waals surface area (Å²) in [5.74, 6) is 0.909. The standard InChI is InChI=1S/C28H28O2/c1-3-29-27-16-14-24(15-17-27)22-10-12-23(13-11-22)25-18-20-28(21-19-25,30-4-2)26-8-6-5-7-9-26/h5-20H,3-4,21H2,1-2H3. The highest BCUT2D eigenvalue weighted by atomic mass is 16.5. The van der Waals surface area contributed by atoms with Gasteiger partial charge in [0.15, 0.2) is 0 Å². The van der Waals surface area contributed by atoms with Gasteiger partial charge in [-0.1, -0.05) is 78.9 Å². The van der Waals surface area contributed by atoms with Crippen molar-refractivity contribution >= 4 is 5.57 Å². The fraction of sp³-hybridized carbons (Fsp3) is 0.214. The minimum Gasteiger partial charge on any atom is -0.494 e. The third-order valence-electron chi connectivity index (χ3n) is 5.54. The lowest BCUT2D eigenvalue weighted by molar-refractivity contribution is -0.00308. The van der Waals surface area contributed by atoms with Gasteiger partial charge in [0, 0.05) is 13.0 Å². The molecule has 152 valence electrons. The normalized spacial score (nSPS) is 18.1. The number of hydrogen-bond acceptors (Lipinski definition) is 2. The van der Waals surface area contributed by atoms with Crippen LogP contribution in [0, 0.1) is 0 Å². The van der Waals surface area contributed by atoms with Gasteiger partial charge >= 0.3 is 0 Å². The number of ether oxygens (including phenoxy) is 2. The molecule has 1 unspecified atom stereocenters. The van der Waals surface area contributed by atoms with Gasteiger partial charge in [0.1, 0.15) is 11.4 Å². The van der Waals surface area contributed by atoms with Gasteiger partial charge in [-0.15, -0.1) is 0 Å². The zero-order chi connectivity index (χ0) is 20.8. The van der Waals surface area contributed by atoms with E-state index in [9.17, 15) is 0 Å². The van der Waals surface area contributed by atoms with Gasteiger partial charge in [0.25, 0.3) is 0 Å². The maximum atomic E-state index is 6.20. The Hall–Kier alpha value is -3.10. The van der Waals surface area contributed by atoms with Crippen LogP contribution in [0.25, 0.3) is 16.7 Å². The quantitative estimate of drug-likeness (QED) is 0.427. The van der Waals surface area contributed by atoms with Gasteiger partial charge in [-0.2, -0.15) is 0 Å². The van der Waals surface area contributed by atoms with Crippen LogP contribution >= 0.6 is 0 Å². The van der Waals surface area contributed by atoms with Crippen LogP contribution in [0.5, 0.6) is 5.75 Å². The Labute approximate surface area is 179 Å². The highest BCUT2D eigenvalue weighted by Gasteiger charge is 2.31. The molecule has 0 saturated carbocycles. The molecule has 0 aromatic heterocycles. The highest BCUT2D eigenvalue weighted by Crippen LogP contribution is 2.37. The SMILES string of the molecule is CCOc1ccc(-c2ccc(C3=CCC(OCC)(c4ccccc4)C=C3)cc2)cc1. The molecule has 1 aliphatic rings. The van der Waals surface area contributed by atoms with Crippen LogP contribution in [0.4, 0.5) is 0 Å². The summed E-state index contributed by atoms with van der Waals surface area (Å²) in [5, 5.41) is 0. The molecule has 0 fully saturated rings. The maximum absolute atomic E-state index is 6.20. The van der Waals surface area contributed by atoms with Crippen molar-refractivity contribution in [1.82, 2.24) is 0 Å². The summed E-state index contributed by atoms with van der Waals surface area (Å²) in [6.07, 6.45) is 7.52. The first-order valence-electron chi connectivity index (χ1n) is 10.7. The van der Waals surface area contributed by atoms with Crippen molar-refractivity contribution in [3.63, 3.8) is 0 Å². The molecule has 2 nitrogen and oxygen atoms in total. The van der Waals surface area contributed by atoms with Crippen molar-refractivity contribution in [3.05, 3.63) is 108 Å². The lowest BCUT2D eigenvalue weighted by atomic mass is 9.83. The van der Waals surface area contributed by atoms with Gasteiger partial charge in [-0.25, -0.2) is 0 Å². The number of rotatable bonds is 7. The predicted molar refractivity (Wildman–Crippen MR) is 125 cm³/mol. The average Bonchev–Trinajstić information content (AvgIpc) is 2.81. The Kier molecular flexibility index (Phi) is 6.15. The maximum Gasteiger partial charge on any atom is 0.119 e. The Morgan fingerprint density at radius 2 is 1.37 bits per heavy atom.